The molecule has 46 heavy (non-hydrogen) atoms. The van der Waals surface area contributed by atoms with Crippen molar-refractivity contribution in [2.45, 2.75) is 17.8 Å². The van der Waals surface area contributed by atoms with Crippen LogP contribution in [0.2, 0.25) is 0 Å². The van der Waals surface area contributed by atoms with Gasteiger partial charge in [-0.1, -0.05) is 91.0 Å². The van der Waals surface area contributed by atoms with Crippen LogP contribution in [0.4, 0.5) is 5.69 Å². The highest BCUT2D eigenvalue weighted by Crippen LogP contribution is 2.29. The molecule has 2 unspecified atom stereocenters. The van der Waals surface area contributed by atoms with Gasteiger partial charge in [-0.2, -0.15) is 0 Å². The number of aromatic nitrogens is 1. The highest BCUT2D eigenvalue weighted by atomic mass is 35.5. The lowest BCUT2D eigenvalue weighted by molar-refractivity contribution is 0.0985. The molecular weight excluding hydrogens is 618 g/mol. The minimum absolute atomic E-state index is 0. The fourth-order valence-corrected chi connectivity index (χ4v) is 6.61. The molecule has 6 rings (SSSR count). The average Bonchev–Trinajstić information content (AvgIpc) is 3.43. The van der Waals surface area contributed by atoms with Crippen molar-refractivity contribution in [1.82, 2.24) is 10.3 Å². The zero-order valence-electron chi connectivity index (χ0n) is 25.3. The average molecular weight is 654 g/mol. The van der Waals surface area contributed by atoms with E-state index in [4.69, 9.17) is 4.74 Å². The first-order valence-corrected chi connectivity index (χ1v) is 16.9. The van der Waals surface area contributed by atoms with Crippen LogP contribution in [-0.4, -0.2) is 38.6 Å². The molecule has 0 aliphatic heterocycles. The second-order valence-electron chi connectivity index (χ2n) is 11.1. The molecule has 0 fully saturated rings. The van der Waals surface area contributed by atoms with Gasteiger partial charge in [-0.3, -0.25) is 4.79 Å². The van der Waals surface area contributed by atoms with Crippen molar-refractivity contribution in [2.24, 2.45) is 0 Å². The number of ether oxygens (including phenoxy) is 1. The molecule has 6 aromatic rings. The molecule has 236 valence electrons. The van der Waals surface area contributed by atoms with Gasteiger partial charge in [-0.25, -0.2) is 8.42 Å². The Balaban J connectivity index is 0.00000417. The second kappa shape index (κ2) is 14.6. The Kier molecular flexibility index (Phi) is 10.4. The van der Waals surface area contributed by atoms with E-state index in [-0.39, 0.29) is 30.8 Å². The fourth-order valence-electron chi connectivity index (χ4n) is 5.61. The number of Topliss-reactive ketones (excluding diaryl/α,β-unsaturated/α-hetero) is 1. The summed E-state index contributed by atoms with van der Waals surface area (Å²) in [7, 11) is -3.47. The van der Waals surface area contributed by atoms with Gasteiger partial charge in [0.2, 0.25) is 0 Å². The van der Waals surface area contributed by atoms with E-state index >= 15 is 0 Å². The van der Waals surface area contributed by atoms with Gasteiger partial charge in [0.05, 0.1) is 18.7 Å². The number of aromatic amines is 1. The molecule has 0 bridgehead atoms. The summed E-state index contributed by atoms with van der Waals surface area (Å²) in [6.45, 7) is 0.566. The summed E-state index contributed by atoms with van der Waals surface area (Å²) in [4.78, 5) is 16.8. The van der Waals surface area contributed by atoms with Crippen LogP contribution in [0.15, 0.2) is 127 Å². The molecule has 2 atom stereocenters. The molecule has 1 aromatic heterocycles. The molecule has 5 aromatic carbocycles. The number of sulfone groups is 1. The summed E-state index contributed by atoms with van der Waals surface area (Å²) in [6.07, 6.45) is 1.85. The Morgan fingerprint density at radius 1 is 0.761 bits per heavy atom. The van der Waals surface area contributed by atoms with E-state index in [1.807, 2.05) is 60.7 Å². The van der Waals surface area contributed by atoms with Gasteiger partial charge in [-0.05, 0) is 41.5 Å². The summed E-state index contributed by atoms with van der Waals surface area (Å²) in [6, 6.07) is 40.2. The molecule has 7 nitrogen and oxygen atoms in total. The van der Waals surface area contributed by atoms with Gasteiger partial charge in [0, 0.05) is 52.3 Å². The maximum Gasteiger partial charge on any atom is 0.176 e. The Morgan fingerprint density at radius 3 is 2.17 bits per heavy atom. The predicted octanol–water partition coefficient (Wildman–Crippen LogP) is 7.88. The van der Waals surface area contributed by atoms with Crippen LogP contribution in [0.1, 0.15) is 39.3 Å². The number of rotatable bonds is 13. The van der Waals surface area contributed by atoms with Gasteiger partial charge >= 0.3 is 0 Å². The Morgan fingerprint density at radius 2 is 1.43 bits per heavy atom. The van der Waals surface area contributed by atoms with Gasteiger partial charge in [0.15, 0.2) is 21.0 Å². The highest BCUT2D eigenvalue weighted by molar-refractivity contribution is 7.91. The topological polar surface area (TPSA) is 100 Å². The van der Waals surface area contributed by atoms with E-state index in [1.54, 1.807) is 48.5 Å². The standard InChI is InChI=1S/C37H35N3O4S.ClH/c1-45(42,43)37(27-13-6-3-7-14-27)39-29-16-10-15-28(23-29)36(41)25-38-33(26-11-4-2-5-12-26)21-22-44-30-19-20-32-31-17-8-9-18-34(31)40-35(32)24-30;/h2-20,23-24,33,37-40H,21-22,25H2,1H3;1H. The number of carbonyl (C=O) groups is 1. The second-order valence-corrected chi connectivity index (χ2v) is 13.3. The van der Waals surface area contributed by atoms with E-state index in [0.717, 1.165) is 27.7 Å². The van der Waals surface area contributed by atoms with Gasteiger partial charge in [-0.15, -0.1) is 12.4 Å². The van der Waals surface area contributed by atoms with Crippen LogP contribution in [-0.2, 0) is 9.84 Å². The molecule has 0 saturated carbocycles. The number of benzene rings is 5. The maximum absolute atomic E-state index is 13.3. The van der Waals surface area contributed by atoms with Crippen LogP contribution in [0.5, 0.6) is 5.75 Å². The van der Waals surface area contributed by atoms with Crippen molar-refractivity contribution in [3.05, 3.63) is 144 Å². The lowest BCUT2D eigenvalue weighted by Gasteiger charge is -2.20. The lowest BCUT2D eigenvalue weighted by Crippen LogP contribution is -2.29. The molecular formula is C37H36ClN3O4S. The smallest absolute Gasteiger partial charge is 0.176 e. The van der Waals surface area contributed by atoms with Crippen molar-refractivity contribution in [3.63, 3.8) is 0 Å². The van der Waals surface area contributed by atoms with Gasteiger partial charge < -0.3 is 20.4 Å². The number of hydrogen-bond acceptors (Lipinski definition) is 6. The molecule has 0 spiro atoms. The first-order valence-electron chi connectivity index (χ1n) is 14.9. The molecule has 0 aliphatic rings. The molecule has 0 saturated heterocycles. The summed E-state index contributed by atoms with van der Waals surface area (Å²) >= 11 is 0. The number of halogens is 1. The first kappa shape index (κ1) is 32.8. The molecule has 3 N–H and O–H groups in total. The third kappa shape index (κ3) is 7.77. The quantitative estimate of drug-likeness (QED) is 0.110. The lowest BCUT2D eigenvalue weighted by atomic mass is 10.0. The Hall–Kier alpha value is -4.63. The van der Waals surface area contributed by atoms with E-state index in [2.05, 4.69) is 33.8 Å². The molecule has 0 radical (unpaired) electrons. The summed E-state index contributed by atoms with van der Waals surface area (Å²) in [5.41, 5.74) is 4.86. The summed E-state index contributed by atoms with van der Waals surface area (Å²) in [5, 5.41) is 7.94. The molecule has 1 heterocycles. The normalized spacial score (nSPS) is 12.7. The van der Waals surface area contributed by atoms with Crippen LogP contribution in [0.25, 0.3) is 21.8 Å². The monoisotopic (exact) mass is 653 g/mol. The molecule has 9 heteroatoms. The number of para-hydroxylation sites is 1. The van der Waals surface area contributed by atoms with Crippen molar-refractivity contribution in [3.8, 4) is 5.75 Å². The minimum atomic E-state index is -3.47. The van der Waals surface area contributed by atoms with E-state index in [0.29, 0.717) is 29.8 Å². The number of nitrogens with one attached hydrogen (secondary N) is 3. The summed E-state index contributed by atoms with van der Waals surface area (Å²) < 4.78 is 31.3. The Bertz CT molecular complexity index is 2030. The number of hydrogen-bond donors (Lipinski definition) is 3. The van der Waals surface area contributed by atoms with Crippen molar-refractivity contribution < 1.29 is 17.9 Å². The first-order chi connectivity index (χ1) is 21.8. The minimum Gasteiger partial charge on any atom is -0.493 e. The van der Waals surface area contributed by atoms with Crippen LogP contribution < -0.4 is 15.4 Å². The van der Waals surface area contributed by atoms with Gasteiger partial charge in [0.1, 0.15) is 5.75 Å². The maximum atomic E-state index is 13.3. The predicted molar refractivity (Wildman–Crippen MR) is 189 cm³/mol. The third-order valence-electron chi connectivity index (χ3n) is 7.88. The van der Waals surface area contributed by atoms with Gasteiger partial charge in [0.25, 0.3) is 0 Å². The molecule has 0 aliphatic carbocycles. The van der Waals surface area contributed by atoms with Crippen molar-refractivity contribution in [1.29, 1.82) is 0 Å². The van der Waals surface area contributed by atoms with Crippen LogP contribution >= 0.6 is 12.4 Å². The number of ketones is 1. The number of fused-ring (bicyclic) bond motifs is 3. The SMILES string of the molecule is CS(=O)(=O)C(Nc1cccc(C(=O)CNC(CCOc2ccc3c(c2)[nH]c2ccccc23)c2ccccc2)c1)c1ccccc1.Cl. The fraction of sp³-hybridized carbons (Fsp3) is 0.162. The molecule has 0 amide bonds. The van der Waals surface area contributed by atoms with E-state index < -0.39 is 15.2 Å². The summed E-state index contributed by atoms with van der Waals surface area (Å²) in [5.74, 6) is 0.685. The van der Waals surface area contributed by atoms with Crippen molar-refractivity contribution >= 4 is 55.5 Å². The number of carbonyl (C=O) groups excluding carboxylic acids is 1. The van der Waals surface area contributed by atoms with Crippen LogP contribution in [0.3, 0.4) is 0 Å². The highest BCUT2D eigenvalue weighted by Gasteiger charge is 2.23. The Labute approximate surface area is 275 Å². The largest absolute Gasteiger partial charge is 0.493 e. The van der Waals surface area contributed by atoms with Crippen LogP contribution in [0, 0.1) is 0 Å². The van der Waals surface area contributed by atoms with E-state index in [9.17, 15) is 13.2 Å². The number of H-pyrrole nitrogens is 1. The van der Waals surface area contributed by atoms with Crippen molar-refractivity contribution in [2.75, 3.05) is 24.7 Å². The number of anilines is 1. The zero-order chi connectivity index (χ0) is 31.2. The van der Waals surface area contributed by atoms with E-state index in [1.165, 1.54) is 11.6 Å². The third-order valence-corrected chi connectivity index (χ3v) is 9.12. The zero-order valence-corrected chi connectivity index (χ0v) is 27.0.